The van der Waals surface area contributed by atoms with E-state index in [1.54, 1.807) is 0 Å². The Kier molecular flexibility index (Phi) is 5.27. The quantitative estimate of drug-likeness (QED) is 0.422. The summed E-state index contributed by atoms with van der Waals surface area (Å²) in [4.78, 5) is 20.1. The van der Waals surface area contributed by atoms with Gasteiger partial charge in [0.15, 0.2) is 0 Å². The van der Waals surface area contributed by atoms with Crippen LogP contribution in [0.3, 0.4) is 0 Å². The molecule has 10 heteroatoms. The van der Waals surface area contributed by atoms with Gasteiger partial charge in [0.2, 0.25) is 11.5 Å². The first-order valence-corrected chi connectivity index (χ1v) is 5.68. The van der Waals surface area contributed by atoms with Crippen molar-refractivity contribution in [2.45, 2.75) is 0 Å². The molecular weight excluding hydrogens is 300 g/mol. The maximum Gasteiger partial charge on any atom is 0.318 e. The minimum Gasteiger partial charge on any atom is -0.509 e. The van der Waals surface area contributed by atoms with Gasteiger partial charge in [-0.25, -0.2) is 0 Å². The van der Waals surface area contributed by atoms with E-state index in [2.05, 4.69) is 13.2 Å². The third kappa shape index (κ3) is 4.37. The Labute approximate surface area is 123 Å². The molecule has 2 N–H and O–H groups in total. The summed E-state index contributed by atoms with van der Waals surface area (Å²) in [5.41, 5.74) is -1.36. The van der Waals surface area contributed by atoms with Crippen LogP contribution in [0.5, 0.6) is 11.5 Å². The molecule has 0 saturated heterocycles. The van der Waals surface area contributed by atoms with Crippen LogP contribution in [-0.2, 0) is 0 Å². The normalized spacial score (nSPS) is 9.82. The minimum absolute atomic E-state index is 0.357. The van der Waals surface area contributed by atoms with E-state index in [0.717, 1.165) is 6.07 Å². The van der Waals surface area contributed by atoms with Crippen LogP contribution in [0.2, 0.25) is 0 Å². The predicted molar refractivity (Wildman–Crippen MR) is 74.3 cm³/mol. The highest BCUT2D eigenvalue weighted by molar-refractivity contribution is 5.61. The molecule has 1 rings (SSSR count). The van der Waals surface area contributed by atoms with Gasteiger partial charge in [-0.3, -0.25) is 20.2 Å². The van der Waals surface area contributed by atoms with E-state index in [4.69, 9.17) is 19.7 Å². The molecule has 0 unspecified atom stereocenters. The molecule has 10 nitrogen and oxygen atoms in total. The second-order valence-electron chi connectivity index (χ2n) is 4.01. The van der Waals surface area contributed by atoms with Crippen molar-refractivity contribution in [1.82, 2.24) is 0 Å². The number of rotatable bonds is 8. The van der Waals surface area contributed by atoms with Crippen molar-refractivity contribution >= 4 is 11.4 Å². The van der Waals surface area contributed by atoms with Gasteiger partial charge in [0, 0.05) is 6.07 Å². The molecule has 0 aliphatic rings. The lowest BCUT2D eigenvalue weighted by Gasteiger charge is -2.10. The average molecular weight is 312 g/mol. The first-order chi connectivity index (χ1) is 10.2. The third-order valence-electron chi connectivity index (χ3n) is 2.22. The summed E-state index contributed by atoms with van der Waals surface area (Å²) in [6.07, 6.45) is 0. The molecule has 0 radical (unpaired) electrons. The summed E-state index contributed by atoms with van der Waals surface area (Å²) in [6, 6.07) is 1.58. The highest BCUT2D eigenvalue weighted by Crippen LogP contribution is 2.39. The fourth-order valence-corrected chi connectivity index (χ4v) is 1.38. The first kappa shape index (κ1) is 16.8. The Morgan fingerprint density at radius 3 is 1.59 bits per heavy atom. The molecule has 0 fully saturated rings. The van der Waals surface area contributed by atoms with E-state index in [1.807, 2.05) is 0 Å². The zero-order valence-corrected chi connectivity index (χ0v) is 11.2. The average Bonchev–Trinajstić information content (AvgIpc) is 2.41. The number of ether oxygens (including phenoxy) is 2. The Morgan fingerprint density at radius 1 is 0.955 bits per heavy atom. The molecule has 0 saturated carbocycles. The van der Waals surface area contributed by atoms with Crippen LogP contribution in [-0.4, -0.2) is 33.3 Å². The summed E-state index contributed by atoms with van der Waals surface area (Å²) in [7, 11) is 0. The van der Waals surface area contributed by atoms with Crippen molar-refractivity contribution in [3.8, 4) is 11.5 Å². The highest BCUT2D eigenvalue weighted by atomic mass is 16.6. The lowest BCUT2D eigenvalue weighted by molar-refractivity contribution is -0.395. The molecule has 0 amide bonds. The SMILES string of the molecule is C=C(O)COc1cc(OCC(=C)O)c([N+](=O)[O-])cc1[N+](=O)[O-]. The molecule has 0 atom stereocenters. The van der Waals surface area contributed by atoms with Crippen molar-refractivity contribution < 1.29 is 29.5 Å². The smallest absolute Gasteiger partial charge is 0.318 e. The maximum absolute atomic E-state index is 10.9. The first-order valence-electron chi connectivity index (χ1n) is 5.68. The maximum atomic E-state index is 10.9. The van der Waals surface area contributed by atoms with Gasteiger partial charge in [0.05, 0.1) is 9.85 Å². The van der Waals surface area contributed by atoms with Crippen molar-refractivity contribution in [2.24, 2.45) is 0 Å². The van der Waals surface area contributed by atoms with Crippen LogP contribution in [0.1, 0.15) is 0 Å². The largest absolute Gasteiger partial charge is 0.509 e. The van der Waals surface area contributed by atoms with E-state index < -0.39 is 34.4 Å². The van der Waals surface area contributed by atoms with Crippen molar-refractivity contribution in [1.29, 1.82) is 0 Å². The minimum atomic E-state index is -0.878. The summed E-state index contributed by atoms with van der Waals surface area (Å²) >= 11 is 0. The fraction of sp³-hybridized carbons (Fsp3) is 0.167. The third-order valence-corrected chi connectivity index (χ3v) is 2.22. The molecule has 0 aliphatic carbocycles. The van der Waals surface area contributed by atoms with E-state index in [1.165, 1.54) is 0 Å². The van der Waals surface area contributed by atoms with E-state index in [9.17, 15) is 20.2 Å². The highest BCUT2D eigenvalue weighted by Gasteiger charge is 2.27. The van der Waals surface area contributed by atoms with Gasteiger partial charge in [-0.05, 0) is 0 Å². The summed E-state index contributed by atoms with van der Waals surface area (Å²) < 4.78 is 9.93. The number of hydrogen-bond acceptors (Lipinski definition) is 8. The number of hydrogen-bond donors (Lipinski definition) is 2. The second kappa shape index (κ2) is 6.92. The van der Waals surface area contributed by atoms with E-state index >= 15 is 0 Å². The summed E-state index contributed by atoms with van der Waals surface area (Å²) in [5.74, 6) is -1.49. The number of aliphatic hydroxyl groups is 2. The number of benzene rings is 1. The molecule has 0 spiro atoms. The zero-order valence-electron chi connectivity index (χ0n) is 11.2. The lowest BCUT2D eigenvalue weighted by atomic mass is 10.2. The number of nitro benzene ring substituents is 2. The van der Waals surface area contributed by atoms with Gasteiger partial charge in [0.1, 0.15) is 30.8 Å². The van der Waals surface area contributed by atoms with Crippen LogP contribution in [0.25, 0.3) is 0 Å². The van der Waals surface area contributed by atoms with Crippen LogP contribution in [0, 0.1) is 20.2 Å². The number of nitrogens with zero attached hydrogens (tertiary/aromatic N) is 2. The van der Waals surface area contributed by atoms with Gasteiger partial charge in [-0.15, -0.1) is 0 Å². The fourth-order valence-electron chi connectivity index (χ4n) is 1.38. The van der Waals surface area contributed by atoms with Crippen LogP contribution in [0.15, 0.2) is 36.8 Å². The summed E-state index contributed by atoms with van der Waals surface area (Å²) in [5, 5.41) is 39.8. The van der Waals surface area contributed by atoms with E-state index in [-0.39, 0.29) is 23.0 Å². The molecule has 118 valence electrons. The Hall–Kier alpha value is -3.30. The Bertz CT molecular complexity index is 589. The number of nitro groups is 2. The topological polar surface area (TPSA) is 145 Å². The zero-order chi connectivity index (χ0) is 16.9. The van der Waals surface area contributed by atoms with Gasteiger partial charge < -0.3 is 19.7 Å². The van der Waals surface area contributed by atoms with Crippen LogP contribution >= 0.6 is 0 Å². The second-order valence-corrected chi connectivity index (χ2v) is 4.01. The molecule has 1 aromatic rings. The molecule has 1 aromatic carbocycles. The van der Waals surface area contributed by atoms with Gasteiger partial charge in [-0.1, -0.05) is 13.2 Å². The van der Waals surface area contributed by atoms with Gasteiger partial charge in [-0.2, -0.15) is 0 Å². The van der Waals surface area contributed by atoms with Crippen LogP contribution < -0.4 is 9.47 Å². The predicted octanol–water partition coefficient (Wildman–Crippen LogP) is 2.40. The van der Waals surface area contributed by atoms with Crippen molar-refractivity contribution in [3.63, 3.8) is 0 Å². The Morgan fingerprint density at radius 2 is 1.32 bits per heavy atom. The van der Waals surface area contributed by atoms with Gasteiger partial charge in [0.25, 0.3) is 0 Å². The number of aliphatic hydroxyl groups excluding tert-OH is 2. The Balaban J connectivity index is 3.31. The van der Waals surface area contributed by atoms with Crippen molar-refractivity contribution in [3.05, 3.63) is 57.0 Å². The molecule has 0 bridgehead atoms. The van der Waals surface area contributed by atoms with Gasteiger partial charge >= 0.3 is 11.4 Å². The molecular formula is C12H12N2O8. The lowest BCUT2D eigenvalue weighted by Crippen LogP contribution is -2.06. The molecule has 0 aromatic heterocycles. The summed E-state index contributed by atoms with van der Waals surface area (Å²) in [6.45, 7) is 5.42. The molecule has 22 heavy (non-hydrogen) atoms. The molecule has 0 aliphatic heterocycles. The molecule has 0 heterocycles. The monoisotopic (exact) mass is 312 g/mol. The van der Waals surface area contributed by atoms with Crippen molar-refractivity contribution in [2.75, 3.05) is 13.2 Å². The van der Waals surface area contributed by atoms with E-state index in [0.29, 0.717) is 6.07 Å². The van der Waals surface area contributed by atoms with Crippen LogP contribution in [0.4, 0.5) is 11.4 Å². The standard InChI is InChI=1S/C12H12N2O8/c1-7(15)5-21-11-4-12(22-6-8(2)16)10(14(19)20)3-9(11)13(17)18/h3-4,15-16H,1-2,5-6H2.